The van der Waals surface area contributed by atoms with Gasteiger partial charge in [-0.3, -0.25) is 4.79 Å². The molecule has 2 rings (SSSR count). The molecule has 0 radical (unpaired) electrons. The fourth-order valence-corrected chi connectivity index (χ4v) is 1.65. The largest absolute Gasteiger partial charge is 0.508 e. The summed E-state index contributed by atoms with van der Waals surface area (Å²) in [5, 5.41) is 12.0. The van der Waals surface area contributed by atoms with Gasteiger partial charge in [0.15, 0.2) is 0 Å². The monoisotopic (exact) mass is 245 g/mol. The maximum Gasteiger partial charge on any atom is 0.226 e. The summed E-state index contributed by atoms with van der Waals surface area (Å²) in [5.41, 5.74) is 1.63. The Morgan fingerprint density at radius 3 is 3.00 bits per heavy atom. The molecule has 0 aliphatic heterocycles. The Labute approximate surface area is 105 Å². The van der Waals surface area contributed by atoms with Crippen LogP contribution >= 0.6 is 0 Å². The van der Waals surface area contributed by atoms with Crippen LogP contribution < -0.4 is 5.32 Å². The first-order chi connectivity index (χ1) is 8.65. The highest BCUT2D eigenvalue weighted by Gasteiger charge is 2.04. The molecule has 0 unspecified atom stereocenters. The minimum absolute atomic E-state index is 0.0892. The highest BCUT2D eigenvalue weighted by atomic mass is 16.3. The molecule has 5 heteroatoms. The van der Waals surface area contributed by atoms with Crippen molar-refractivity contribution in [1.82, 2.24) is 9.55 Å². The number of phenolic OH excluding ortho intramolecular Hbond substituents is 1. The molecule has 2 N–H and O–H groups in total. The van der Waals surface area contributed by atoms with Crippen molar-refractivity contribution in [2.45, 2.75) is 19.9 Å². The molecular weight excluding hydrogens is 230 g/mol. The molecule has 5 nitrogen and oxygen atoms in total. The zero-order chi connectivity index (χ0) is 13.0. The normalized spacial score (nSPS) is 10.3. The second-order valence-electron chi connectivity index (χ2n) is 4.08. The minimum Gasteiger partial charge on any atom is -0.508 e. The number of hydrogen-bond donors (Lipinski definition) is 2. The average molecular weight is 245 g/mol. The molecule has 1 heterocycles. The molecule has 0 bridgehead atoms. The van der Waals surface area contributed by atoms with Gasteiger partial charge in [-0.15, -0.1) is 0 Å². The van der Waals surface area contributed by atoms with E-state index in [0.29, 0.717) is 18.7 Å². The molecule has 0 aliphatic rings. The Morgan fingerprint density at radius 1 is 1.50 bits per heavy atom. The number of amides is 1. The van der Waals surface area contributed by atoms with Gasteiger partial charge in [-0.1, -0.05) is 6.07 Å². The Bertz CT molecular complexity index is 549. The zero-order valence-corrected chi connectivity index (χ0v) is 10.1. The quantitative estimate of drug-likeness (QED) is 0.864. The van der Waals surface area contributed by atoms with Crippen LogP contribution in [0.1, 0.15) is 12.1 Å². The summed E-state index contributed by atoms with van der Waals surface area (Å²) in [7, 11) is 0. The van der Waals surface area contributed by atoms with Crippen molar-refractivity contribution in [2.75, 3.05) is 5.32 Å². The van der Waals surface area contributed by atoms with E-state index in [2.05, 4.69) is 10.3 Å². The molecule has 2 aromatic rings. The van der Waals surface area contributed by atoms with Crippen molar-refractivity contribution in [1.29, 1.82) is 0 Å². The Balaban J connectivity index is 1.88. The summed E-state index contributed by atoms with van der Waals surface area (Å²) < 4.78 is 1.92. The number of aromatic hydroxyl groups is 1. The van der Waals surface area contributed by atoms with E-state index >= 15 is 0 Å². The van der Waals surface area contributed by atoms with Crippen LogP contribution in [-0.4, -0.2) is 20.6 Å². The third-order valence-electron chi connectivity index (χ3n) is 2.63. The highest BCUT2D eigenvalue weighted by Crippen LogP contribution is 2.15. The summed E-state index contributed by atoms with van der Waals surface area (Å²) in [6.45, 7) is 2.54. The van der Waals surface area contributed by atoms with E-state index in [-0.39, 0.29) is 11.7 Å². The van der Waals surface area contributed by atoms with Crippen molar-refractivity contribution >= 4 is 11.6 Å². The predicted molar refractivity (Wildman–Crippen MR) is 68.3 cm³/mol. The molecule has 0 aliphatic carbocycles. The highest BCUT2D eigenvalue weighted by molar-refractivity contribution is 5.90. The van der Waals surface area contributed by atoms with Gasteiger partial charge in [-0.25, -0.2) is 4.98 Å². The number of nitrogens with one attached hydrogen (secondary N) is 1. The predicted octanol–water partition coefficient (Wildman–Crippen LogP) is 1.93. The topological polar surface area (TPSA) is 67.2 Å². The first-order valence-electron chi connectivity index (χ1n) is 5.71. The number of hydrogen-bond acceptors (Lipinski definition) is 3. The van der Waals surface area contributed by atoms with Crippen molar-refractivity contribution in [3.05, 3.63) is 42.5 Å². The van der Waals surface area contributed by atoms with Crippen molar-refractivity contribution in [2.24, 2.45) is 0 Å². The number of carbonyl (C=O) groups is 1. The van der Waals surface area contributed by atoms with Gasteiger partial charge in [0.2, 0.25) is 5.91 Å². The van der Waals surface area contributed by atoms with Crippen molar-refractivity contribution < 1.29 is 9.90 Å². The molecule has 1 aromatic heterocycles. The van der Waals surface area contributed by atoms with Gasteiger partial charge in [0, 0.05) is 36.6 Å². The summed E-state index contributed by atoms with van der Waals surface area (Å²) in [4.78, 5) is 15.7. The SMILES string of the molecule is Cc1cncn1CCC(=O)Nc1cccc(O)c1. The van der Waals surface area contributed by atoms with Crippen LogP contribution in [0.3, 0.4) is 0 Å². The van der Waals surface area contributed by atoms with Crippen LogP contribution in [-0.2, 0) is 11.3 Å². The second kappa shape index (κ2) is 5.35. The number of aryl methyl sites for hydroxylation is 2. The van der Waals surface area contributed by atoms with E-state index in [0.717, 1.165) is 5.69 Å². The maximum atomic E-state index is 11.7. The number of imidazole rings is 1. The standard InChI is InChI=1S/C13H15N3O2/c1-10-8-14-9-16(10)6-5-13(18)15-11-3-2-4-12(17)7-11/h2-4,7-9,17H,5-6H2,1H3,(H,15,18). The van der Waals surface area contributed by atoms with E-state index in [4.69, 9.17) is 0 Å². The van der Waals surface area contributed by atoms with Gasteiger partial charge < -0.3 is 15.0 Å². The Kier molecular flexibility index (Phi) is 3.62. The molecule has 0 saturated carbocycles. The van der Waals surface area contributed by atoms with Gasteiger partial charge in [0.1, 0.15) is 5.75 Å². The molecule has 0 atom stereocenters. The maximum absolute atomic E-state index is 11.7. The molecule has 1 amide bonds. The van der Waals surface area contributed by atoms with Crippen LogP contribution in [0, 0.1) is 6.92 Å². The number of aromatic nitrogens is 2. The zero-order valence-electron chi connectivity index (χ0n) is 10.1. The lowest BCUT2D eigenvalue weighted by molar-refractivity contribution is -0.116. The van der Waals surface area contributed by atoms with E-state index in [9.17, 15) is 9.90 Å². The van der Waals surface area contributed by atoms with Crippen LogP contribution in [0.25, 0.3) is 0 Å². The van der Waals surface area contributed by atoms with Crippen LogP contribution in [0.15, 0.2) is 36.8 Å². The summed E-state index contributed by atoms with van der Waals surface area (Å²) >= 11 is 0. The first-order valence-corrected chi connectivity index (χ1v) is 5.71. The molecule has 0 fully saturated rings. The molecule has 1 aromatic carbocycles. The third-order valence-corrected chi connectivity index (χ3v) is 2.63. The van der Waals surface area contributed by atoms with E-state index < -0.39 is 0 Å². The van der Waals surface area contributed by atoms with Gasteiger partial charge in [0.05, 0.1) is 6.33 Å². The summed E-state index contributed by atoms with van der Waals surface area (Å²) in [6.07, 6.45) is 3.83. The minimum atomic E-state index is -0.0892. The lowest BCUT2D eigenvalue weighted by atomic mass is 10.3. The van der Waals surface area contributed by atoms with Crippen molar-refractivity contribution in [3.63, 3.8) is 0 Å². The number of nitrogens with zero attached hydrogens (tertiary/aromatic N) is 2. The molecule has 94 valence electrons. The number of rotatable bonds is 4. The molecule has 18 heavy (non-hydrogen) atoms. The fourth-order valence-electron chi connectivity index (χ4n) is 1.65. The van der Waals surface area contributed by atoms with Gasteiger partial charge in [0.25, 0.3) is 0 Å². The second-order valence-corrected chi connectivity index (χ2v) is 4.08. The molecule has 0 saturated heterocycles. The van der Waals surface area contributed by atoms with E-state index in [1.54, 1.807) is 30.7 Å². The van der Waals surface area contributed by atoms with E-state index in [1.165, 1.54) is 6.07 Å². The van der Waals surface area contributed by atoms with Crippen LogP contribution in [0.5, 0.6) is 5.75 Å². The number of anilines is 1. The number of benzene rings is 1. The lowest BCUT2D eigenvalue weighted by Gasteiger charge is -2.07. The third kappa shape index (κ3) is 3.10. The summed E-state index contributed by atoms with van der Waals surface area (Å²) in [5.74, 6) is 0.0481. The van der Waals surface area contributed by atoms with E-state index in [1.807, 2.05) is 11.5 Å². The van der Waals surface area contributed by atoms with Gasteiger partial charge in [-0.2, -0.15) is 0 Å². The fraction of sp³-hybridized carbons (Fsp3) is 0.231. The molecule has 0 spiro atoms. The Hall–Kier alpha value is -2.30. The smallest absolute Gasteiger partial charge is 0.226 e. The summed E-state index contributed by atoms with van der Waals surface area (Å²) in [6, 6.07) is 6.50. The lowest BCUT2D eigenvalue weighted by Crippen LogP contribution is -2.14. The molecular formula is C13H15N3O2. The van der Waals surface area contributed by atoms with Crippen molar-refractivity contribution in [3.8, 4) is 5.75 Å². The first kappa shape index (κ1) is 12.2. The Morgan fingerprint density at radius 2 is 2.33 bits per heavy atom. The number of phenols is 1. The average Bonchev–Trinajstić information content (AvgIpc) is 2.72. The van der Waals surface area contributed by atoms with Crippen LogP contribution in [0.4, 0.5) is 5.69 Å². The number of carbonyl (C=O) groups excluding carboxylic acids is 1. The van der Waals surface area contributed by atoms with Gasteiger partial charge >= 0.3 is 0 Å². The van der Waals surface area contributed by atoms with Gasteiger partial charge in [-0.05, 0) is 19.1 Å². The van der Waals surface area contributed by atoms with Crippen LogP contribution in [0.2, 0.25) is 0 Å².